The molecule has 0 saturated carbocycles. The summed E-state index contributed by atoms with van der Waals surface area (Å²) in [4.78, 5) is 103. The van der Waals surface area contributed by atoms with E-state index in [1.807, 2.05) is 0 Å². The van der Waals surface area contributed by atoms with Gasteiger partial charge in [-0.25, -0.2) is 28.3 Å². The van der Waals surface area contributed by atoms with Gasteiger partial charge in [-0.05, 0) is 39.5 Å². The average molecular weight is 1610 g/mol. The third-order valence-corrected chi connectivity index (χ3v) is 20.4. The van der Waals surface area contributed by atoms with Crippen LogP contribution in [-0.2, 0) is 112 Å². The summed E-state index contributed by atoms with van der Waals surface area (Å²) in [5, 5.41) is 0. The molecule has 109 heavy (non-hydrogen) atoms. The molecule has 0 aromatic heterocycles. The van der Waals surface area contributed by atoms with Gasteiger partial charge < -0.3 is 56.8 Å². The molecule has 28 nitrogen and oxygen atoms in total. The summed E-state index contributed by atoms with van der Waals surface area (Å²) in [5.41, 5.74) is 0. The molecule has 0 radical (unpaired) electrons. The Kier molecular flexibility index (Phi) is 71.3. The minimum absolute atomic E-state index is 0.0250. The highest BCUT2D eigenvalue weighted by Gasteiger charge is 2.38. The van der Waals surface area contributed by atoms with Crippen LogP contribution < -0.4 is 0 Å². The zero-order chi connectivity index (χ0) is 80.4. The summed E-state index contributed by atoms with van der Waals surface area (Å²) >= 11 is 0. The number of esters is 4. The minimum Gasteiger partial charge on any atom is -0.462 e. The van der Waals surface area contributed by atoms with Crippen molar-refractivity contribution < 1.29 is 131 Å². The van der Waals surface area contributed by atoms with E-state index in [0.29, 0.717) is 25.7 Å². The number of carbonyl (C=O) groups excluding carboxylic acids is 8. The maximum Gasteiger partial charge on any atom is 0.508 e. The Morgan fingerprint density at radius 3 is 0.670 bits per heavy atom. The number of ether oxygens (including phenoxy) is 12. The maximum atomic E-state index is 15.1. The van der Waals surface area contributed by atoms with Crippen molar-refractivity contribution in [2.24, 2.45) is 0 Å². The van der Waals surface area contributed by atoms with E-state index in [1.54, 1.807) is 0 Å². The number of hydrogen-bond donors (Lipinski definition) is 0. The second-order valence-electron chi connectivity index (χ2n) is 27.6. The van der Waals surface area contributed by atoms with Crippen LogP contribution in [0.1, 0.15) is 350 Å². The van der Waals surface area contributed by atoms with Crippen LogP contribution in [0.3, 0.4) is 0 Å². The molecule has 0 heterocycles. The first-order valence-electron chi connectivity index (χ1n) is 41.7. The molecule has 30 heteroatoms. The summed E-state index contributed by atoms with van der Waals surface area (Å²) in [6.07, 6.45) is 35.0. The molecule has 0 aliphatic carbocycles. The molecule has 4 unspecified atom stereocenters. The first-order chi connectivity index (χ1) is 52.8. The number of carbonyl (C=O) groups is 8. The molecule has 0 aromatic rings. The predicted molar refractivity (Wildman–Crippen MR) is 413 cm³/mol. The monoisotopic (exact) mass is 1600 g/mol. The Hall–Kier alpha value is -4.82. The minimum atomic E-state index is -5.30. The lowest BCUT2D eigenvalue weighted by molar-refractivity contribution is -0.161. The van der Waals surface area contributed by atoms with Gasteiger partial charge in [0, 0.05) is 25.7 Å². The summed E-state index contributed by atoms with van der Waals surface area (Å²) in [6.45, 7) is 3.80. The fourth-order valence-electron chi connectivity index (χ4n) is 11.3. The number of phosphoric acid groups is 2. The second-order valence-corrected chi connectivity index (χ2v) is 30.9. The standard InChI is InChI=1S/C79H146O28P2/c1-9-15-19-23-27-31-35-39-43-47-51-55-72(80)94-59-68(104-74(82)57-53-49-45-41-37-33-29-25-21-17-11-3)63-98-108(88,100-65-70(106-76(84)90-7)61-96-78(86)92-13-5)102-67-103-109(89,101-66-71(107-77(85)91-8)62-97-79(87)93-14-6)99-64-69(105-75(83)58-54-50-46-42-38-34-30-26-22-18-12-4)60-95-73(81)56-52-48-44-40-36-32-28-24-20-16-10-2/h68-71H,9-67H2,1-8H3/t68-,69-,70?,71?,108?,109?/m1/s1. The van der Waals surface area contributed by atoms with E-state index in [9.17, 15) is 38.4 Å². The van der Waals surface area contributed by atoms with Crippen LogP contribution in [0.25, 0.3) is 0 Å². The quantitative estimate of drug-likeness (QED) is 0.0179. The fourth-order valence-corrected chi connectivity index (χ4v) is 13.6. The summed E-state index contributed by atoms with van der Waals surface area (Å²) in [5.74, 6) is -2.58. The van der Waals surface area contributed by atoms with E-state index in [2.05, 4.69) is 37.2 Å². The fraction of sp³-hybridized carbons (Fsp3) is 0.899. The molecular formula is C79H146O28P2. The van der Waals surface area contributed by atoms with Gasteiger partial charge in [0.1, 0.15) is 26.4 Å². The molecule has 0 amide bonds. The zero-order valence-electron chi connectivity index (χ0n) is 68.4. The SMILES string of the molecule is CCCCCCCCCCCCCC(=O)OC[C@H](COP(=O)(OCOP(=O)(OCC(COC(=O)OCC)OC(=O)OC)OC[C@@H](COC(=O)CCCCCCCCCCCCC)OC(=O)CCCCCCCCCCCCC)OCC(COC(=O)OCC)OC(=O)OC)OC(=O)CCCCCCCCCCCCC. The molecule has 0 aliphatic heterocycles. The van der Waals surface area contributed by atoms with Crippen molar-refractivity contribution in [1.29, 1.82) is 0 Å². The Morgan fingerprint density at radius 1 is 0.229 bits per heavy atom. The molecule has 0 rings (SSSR count). The normalized spacial score (nSPS) is 13.5. The van der Waals surface area contributed by atoms with Gasteiger partial charge in [-0.2, -0.15) is 0 Å². The Morgan fingerprint density at radius 2 is 0.440 bits per heavy atom. The summed E-state index contributed by atoms with van der Waals surface area (Å²) in [7, 11) is -8.63. The van der Waals surface area contributed by atoms with Gasteiger partial charge in [-0.15, -0.1) is 0 Å². The molecule has 0 fully saturated rings. The molecule has 0 bridgehead atoms. The third kappa shape index (κ3) is 67.4. The largest absolute Gasteiger partial charge is 0.508 e. The van der Waals surface area contributed by atoms with Gasteiger partial charge in [0.25, 0.3) is 0 Å². The van der Waals surface area contributed by atoms with Gasteiger partial charge in [0.15, 0.2) is 31.2 Å². The van der Waals surface area contributed by atoms with Crippen molar-refractivity contribution in [3.8, 4) is 0 Å². The van der Waals surface area contributed by atoms with Gasteiger partial charge in [-0.1, -0.05) is 285 Å². The van der Waals surface area contributed by atoms with Gasteiger partial charge in [0.2, 0.25) is 0 Å². The lowest BCUT2D eigenvalue weighted by Gasteiger charge is -2.25. The number of rotatable bonds is 78. The zero-order valence-corrected chi connectivity index (χ0v) is 70.1. The number of methoxy groups -OCH3 is 2. The highest BCUT2D eigenvalue weighted by molar-refractivity contribution is 7.49. The second kappa shape index (κ2) is 74.6. The van der Waals surface area contributed by atoms with E-state index in [1.165, 1.54) is 142 Å². The van der Waals surface area contributed by atoms with Crippen LogP contribution in [-0.4, -0.2) is 160 Å². The Labute approximate surface area is 654 Å². The van der Waals surface area contributed by atoms with Crippen LogP contribution in [0.4, 0.5) is 19.2 Å². The molecule has 640 valence electrons. The van der Waals surface area contributed by atoms with Gasteiger partial charge in [-0.3, -0.25) is 46.3 Å². The van der Waals surface area contributed by atoms with Gasteiger partial charge in [0.05, 0.1) is 53.9 Å². The van der Waals surface area contributed by atoms with E-state index >= 15 is 9.13 Å². The van der Waals surface area contributed by atoms with E-state index in [4.69, 9.17) is 74.5 Å². The number of phosphoric ester groups is 2. The lowest BCUT2D eigenvalue weighted by Crippen LogP contribution is -2.32. The van der Waals surface area contributed by atoms with Gasteiger partial charge >= 0.3 is 64.1 Å². The Bertz CT molecular complexity index is 2190. The molecular weight excluding hydrogens is 1460 g/mol. The maximum absolute atomic E-state index is 15.1. The van der Waals surface area contributed by atoms with Crippen molar-refractivity contribution in [2.45, 2.75) is 374 Å². The number of unbranched alkanes of at least 4 members (excludes halogenated alkanes) is 40. The number of hydrogen-bond acceptors (Lipinski definition) is 28. The molecule has 0 saturated heterocycles. The van der Waals surface area contributed by atoms with Crippen molar-refractivity contribution in [3.05, 3.63) is 0 Å². The van der Waals surface area contributed by atoms with Crippen molar-refractivity contribution >= 4 is 64.1 Å². The molecule has 6 atom stereocenters. The van der Waals surface area contributed by atoms with E-state index in [0.717, 1.165) is 143 Å². The molecule has 0 aromatic carbocycles. The molecule has 0 N–H and O–H groups in total. The summed E-state index contributed by atoms with van der Waals surface area (Å²) in [6, 6.07) is 0. The average Bonchev–Trinajstić information content (AvgIpc) is 0.864. The lowest BCUT2D eigenvalue weighted by atomic mass is 10.1. The first-order valence-corrected chi connectivity index (χ1v) is 44.6. The van der Waals surface area contributed by atoms with Crippen LogP contribution in [0, 0.1) is 0 Å². The van der Waals surface area contributed by atoms with E-state index < -0.39 is 148 Å². The highest BCUT2D eigenvalue weighted by Crippen LogP contribution is 2.54. The third-order valence-electron chi connectivity index (χ3n) is 17.6. The van der Waals surface area contributed by atoms with E-state index in [-0.39, 0.29) is 38.9 Å². The van der Waals surface area contributed by atoms with Crippen molar-refractivity contribution in [2.75, 3.05) is 87.1 Å². The van der Waals surface area contributed by atoms with Crippen LogP contribution in [0.5, 0.6) is 0 Å². The first kappa shape index (κ1) is 104. The predicted octanol–water partition coefficient (Wildman–Crippen LogP) is 21.6. The van der Waals surface area contributed by atoms with Crippen LogP contribution >= 0.6 is 15.6 Å². The van der Waals surface area contributed by atoms with Crippen LogP contribution in [0.15, 0.2) is 0 Å². The Balaban J connectivity index is 7.28. The van der Waals surface area contributed by atoms with Crippen molar-refractivity contribution in [1.82, 2.24) is 0 Å². The highest BCUT2D eigenvalue weighted by atomic mass is 31.2. The topological polar surface area (TPSA) is 337 Å². The molecule has 0 spiro atoms. The summed E-state index contributed by atoms with van der Waals surface area (Å²) < 4.78 is 127. The van der Waals surface area contributed by atoms with Crippen LogP contribution in [0.2, 0.25) is 0 Å². The smallest absolute Gasteiger partial charge is 0.462 e. The molecule has 0 aliphatic rings. The van der Waals surface area contributed by atoms with Crippen molar-refractivity contribution in [3.63, 3.8) is 0 Å².